The topological polar surface area (TPSA) is 55.6 Å². The van der Waals surface area contributed by atoms with E-state index in [1.54, 1.807) is 4.90 Å². The maximum atomic E-state index is 12.3. The van der Waals surface area contributed by atoms with Gasteiger partial charge in [-0.15, -0.1) is 13.2 Å². The molecule has 1 aromatic carbocycles. The predicted molar refractivity (Wildman–Crippen MR) is 71.8 cm³/mol. The summed E-state index contributed by atoms with van der Waals surface area (Å²) in [5.41, 5.74) is 5.63. The standard InChI is InChI=1S/C14H17F3N2O2/c1-13(2)5-6-19(8-13)12(20)9-3-4-11(10(18)7-9)21-14(15,16)17/h3-4,7H,5-6,8,18H2,1-2H3. The summed E-state index contributed by atoms with van der Waals surface area (Å²) >= 11 is 0. The van der Waals surface area contributed by atoms with Crippen molar-refractivity contribution in [3.63, 3.8) is 0 Å². The number of hydrogen-bond acceptors (Lipinski definition) is 3. The normalized spacial score (nSPS) is 17.9. The SMILES string of the molecule is CC1(C)CCN(C(=O)c2ccc(OC(F)(F)F)c(N)c2)C1. The summed E-state index contributed by atoms with van der Waals surface area (Å²) in [6.07, 6.45) is -3.91. The van der Waals surface area contributed by atoms with Crippen LogP contribution < -0.4 is 10.5 Å². The first kappa shape index (κ1) is 15.5. The lowest BCUT2D eigenvalue weighted by Gasteiger charge is -2.20. The number of likely N-dealkylation sites (tertiary alicyclic amines) is 1. The van der Waals surface area contributed by atoms with Gasteiger partial charge in [-0.1, -0.05) is 13.8 Å². The van der Waals surface area contributed by atoms with Crippen LogP contribution in [0.15, 0.2) is 18.2 Å². The van der Waals surface area contributed by atoms with Crippen LogP contribution in [0.25, 0.3) is 0 Å². The molecule has 1 saturated heterocycles. The molecule has 116 valence electrons. The Morgan fingerprint density at radius 3 is 2.52 bits per heavy atom. The minimum atomic E-state index is -4.81. The summed E-state index contributed by atoms with van der Waals surface area (Å²) in [7, 11) is 0. The molecule has 1 aliphatic heterocycles. The number of halogens is 3. The van der Waals surface area contributed by atoms with Gasteiger partial charge >= 0.3 is 6.36 Å². The Morgan fingerprint density at radius 1 is 1.38 bits per heavy atom. The van der Waals surface area contributed by atoms with Crippen molar-refractivity contribution in [3.8, 4) is 5.75 Å². The van der Waals surface area contributed by atoms with Crippen LogP contribution in [0, 0.1) is 5.41 Å². The first-order valence-electron chi connectivity index (χ1n) is 6.52. The van der Waals surface area contributed by atoms with Crippen LogP contribution in [0.4, 0.5) is 18.9 Å². The van der Waals surface area contributed by atoms with Gasteiger partial charge in [0.15, 0.2) is 5.75 Å². The second kappa shape index (κ2) is 5.13. The van der Waals surface area contributed by atoms with Crippen molar-refractivity contribution in [1.29, 1.82) is 0 Å². The summed E-state index contributed by atoms with van der Waals surface area (Å²) in [6.45, 7) is 5.38. The number of carbonyl (C=O) groups is 1. The fraction of sp³-hybridized carbons (Fsp3) is 0.500. The maximum Gasteiger partial charge on any atom is 0.573 e. The molecule has 1 amide bonds. The number of rotatable bonds is 2. The Morgan fingerprint density at radius 2 is 2.05 bits per heavy atom. The number of amides is 1. The Bertz CT molecular complexity index is 556. The average Bonchev–Trinajstić information content (AvgIpc) is 2.70. The van der Waals surface area contributed by atoms with Gasteiger partial charge in [-0.05, 0) is 30.0 Å². The van der Waals surface area contributed by atoms with Crippen molar-refractivity contribution in [1.82, 2.24) is 4.90 Å². The van der Waals surface area contributed by atoms with Crippen molar-refractivity contribution in [3.05, 3.63) is 23.8 Å². The molecular formula is C14H17F3N2O2. The van der Waals surface area contributed by atoms with E-state index in [-0.39, 0.29) is 22.6 Å². The molecule has 0 radical (unpaired) electrons. The van der Waals surface area contributed by atoms with E-state index in [2.05, 4.69) is 18.6 Å². The van der Waals surface area contributed by atoms with Crippen molar-refractivity contribution in [2.75, 3.05) is 18.8 Å². The highest BCUT2D eigenvalue weighted by atomic mass is 19.4. The Balaban J connectivity index is 2.15. The Labute approximate surface area is 120 Å². The van der Waals surface area contributed by atoms with Gasteiger partial charge in [-0.25, -0.2) is 0 Å². The molecule has 0 aromatic heterocycles. The minimum Gasteiger partial charge on any atom is -0.404 e. The van der Waals surface area contributed by atoms with Gasteiger partial charge in [0.05, 0.1) is 5.69 Å². The van der Waals surface area contributed by atoms with Crippen LogP contribution in [0.2, 0.25) is 0 Å². The molecule has 0 atom stereocenters. The number of benzene rings is 1. The maximum absolute atomic E-state index is 12.3. The molecule has 1 fully saturated rings. The van der Waals surface area contributed by atoms with E-state index in [4.69, 9.17) is 5.73 Å². The van der Waals surface area contributed by atoms with Gasteiger partial charge in [-0.2, -0.15) is 0 Å². The molecule has 0 saturated carbocycles. The minimum absolute atomic E-state index is 0.0561. The van der Waals surface area contributed by atoms with E-state index in [0.717, 1.165) is 12.5 Å². The van der Waals surface area contributed by atoms with E-state index in [0.29, 0.717) is 13.1 Å². The first-order valence-corrected chi connectivity index (χ1v) is 6.52. The van der Waals surface area contributed by atoms with Gasteiger partial charge in [0.2, 0.25) is 0 Å². The highest BCUT2D eigenvalue weighted by molar-refractivity contribution is 5.95. The second-order valence-electron chi connectivity index (χ2n) is 5.94. The van der Waals surface area contributed by atoms with Crippen molar-refractivity contribution in [2.24, 2.45) is 5.41 Å². The third-order valence-electron chi connectivity index (χ3n) is 3.45. The summed E-state index contributed by atoms with van der Waals surface area (Å²) in [5, 5.41) is 0. The molecule has 1 aliphatic rings. The lowest BCUT2D eigenvalue weighted by molar-refractivity contribution is -0.274. The number of nitrogens with zero attached hydrogens (tertiary/aromatic N) is 1. The number of nitrogens with two attached hydrogens (primary N) is 1. The molecule has 0 spiro atoms. The van der Waals surface area contributed by atoms with Crippen molar-refractivity contribution in [2.45, 2.75) is 26.6 Å². The fourth-order valence-electron chi connectivity index (χ4n) is 2.37. The highest BCUT2D eigenvalue weighted by Gasteiger charge is 2.34. The monoisotopic (exact) mass is 302 g/mol. The van der Waals surface area contributed by atoms with E-state index in [1.807, 2.05) is 0 Å². The van der Waals surface area contributed by atoms with Crippen molar-refractivity contribution < 1.29 is 22.7 Å². The quantitative estimate of drug-likeness (QED) is 0.854. The smallest absolute Gasteiger partial charge is 0.404 e. The summed E-state index contributed by atoms with van der Waals surface area (Å²) in [5.74, 6) is -0.730. The molecular weight excluding hydrogens is 285 g/mol. The average molecular weight is 302 g/mol. The number of nitrogen functional groups attached to an aromatic ring is 1. The van der Waals surface area contributed by atoms with Crippen LogP contribution in [0.1, 0.15) is 30.6 Å². The van der Waals surface area contributed by atoms with Crippen LogP contribution in [0.5, 0.6) is 5.75 Å². The zero-order valence-electron chi connectivity index (χ0n) is 11.8. The highest BCUT2D eigenvalue weighted by Crippen LogP contribution is 2.32. The Kier molecular flexibility index (Phi) is 3.78. The van der Waals surface area contributed by atoms with Gasteiger partial charge in [-0.3, -0.25) is 4.79 Å². The molecule has 1 heterocycles. The van der Waals surface area contributed by atoms with Gasteiger partial charge in [0.1, 0.15) is 0 Å². The predicted octanol–water partition coefficient (Wildman–Crippen LogP) is 3.04. The third kappa shape index (κ3) is 3.80. The van der Waals surface area contributed by atoms with Crippen molar-refractivity contribution >= 4 is 11.6 Å². The van der Waals surface area contributed by atoms with Gasteiger partial charge < -0.3 is 15.4 Å². The molecule has 21 heavy (non-hydrogen) atoms. The van der Waals surface area contributed by atoms with Crippen LogP contribution in [0.3, 0.4) is 0 Å². The second-order valence-corrected chi connectivity index (χ2v) is 5.94. The number of alkyl halides is 3. The first-order chi connectivity index (χ1) is 9.57. The molecule has 7 heteroatoms. The lowest BCUT2D eigenvalue weighted by Crippen LogP contribution is -2.30. The third-order valence-corrected chi connectivity index (χ3v) is 3.45. The lowest BCUT2D eigenvalue weighted by atomic mass is 9.93. The zero-order valence-corrected chi connectivity index (χ0v) is 11.8. The van der Waals surface area contributed by atoms with E-state index in [9.17, 15) is 18.0 Å². The zero-order chi connectivity index (χ0) is 15.8. The largest absolute Gasteiger partial charge is 0.573 e. The molecule has 4 nitrogen and oxygen atoms in total. The van der Waals surface area contributed by atoms with Gasteiger partial charge in [0.25, 0.3) is 5.91 Å². The molecule has 0 unspecified atom stereocenters. The molecule has 0 aliphatic carbocycles. The van der Waals surface area contributed by atoms with Crippen LogP contribution >= 0.6 is 0 Å². The van der Waals surface area contributed by atoms with E-state index >= 15 is 0 Å². The summed E-state index contributed by atoms with van der Waals surface area (Å²) < 4.78 is 40.3. The molecule has 0 bridgehead atoms. The van der Waals surface area contributed by atoms with E-state index in [1.165, 1.54) is 12.1 Å². The number of ether oxygens (including phenoxy) is 1. The van der Waals surface area contributed by atoms with E-state index < -0.39 is 12.1 Å². The summed E-state index contributed by atoms with van der Waals surface area (Å²) in [4.78, 5) is 14.0. The number of carbonyl (C=O) groups excluding carboxylic acids is 1. The molecule has 2 rings (SSSR count). The van der Waals surface area contributed by atoms with Crippen LogP contribution in [-0.4, -0.2) is 30.3 Å². The molecule has 1 aromatic rings. The Hall–Kier alpha value is -1.92. The fourth-order valence-corrected chi connectivity index (χ4v) is 2.37. The van der Waals surface area contributed by atoms with Crippen LogP contribution in [-0.2, 0) is 0 Å². The molecule has 2 N–H and O–H groups in total. The number of anilines is 1. The number of hydrogen-bond donors (Lipinski definition) is 1. The summed E-state index contributed by atoms with van der Waals surface area (Å²) in [6, 6.07) is 3.58. The van der Waals surface area contributed by atoms with Gasteiger partial charge in [0, 0.05) is 18.7 Å².